The smallest absolute Gasteiger partial charge is 0.310 e. The van der Waals surface area contributed by atoms with Gasteiger partial charge in [0.2, 0.25) is 0 Å². The molecule has 6 nitrogen and oxygen atoms in total. The van der Waals surface area contributed by atoms with Crippen molar-refractivity contribution in [3.63, 3.8) is 0 Å². The van der Waals surface area contributed by atoms with Crippen LogP contribution in [0.2, 0.25) is 0 Å². The monoisotopic (exact) mass is 224 g/mol. The molecular formula is C10H12N2O4. The van der Waals surface area contributed by atoms with Crippen molar-refractivity contribution in [2.75, 3.05) is 13.2 Å². The predicted octanol–water partition coefficient (Wildman–Crippen LogP) is 1.11. The minimum absolute atomic E-state index is 0.0961. The van der Waals surface area contributed by atoms with Gasteiger partial charge >= 0.3 is 5.69 Å². The average Bonchev–Trinajstić information content (AvgIpc) is 2.27. The third kappa shape index (κ3) is 3.23. The van der Waals surface area contributed by atoms with E-state index in [0.717, 1.165) is 0 Å². The lowest BCUT2D eigenvalue weighted by atomic mass is 10.3. The van der Waals surface area contributed by atoms with Crippen LogP contribution in [0.5, 0.6) is 5.75 Å². The maximum Gasteiger partial charge on any atom is 0.310 e. The molecule has 0 heterocycles. The van der Waals surface area contributed by atoms with E-state index in [1.807, 2.05) is 0 Å². The molecule has 0 atom stereocenters. The van der Waals surface area contributed by atoms with Gasteiger partial charge in [-0.2, -0.15) is 0 Å². The van der Waals surface area contributed by atoms with Crippen molar-refractivity contribution in [2.24, 2.45) is 0 Å². The Bertz CT molecular complexity index is 392. The average molecular weight is 224 g/mol. The van der Waals surface area contributed by atoms with E-state index in [4.69, 9.17) is 4.74 Å². The van der Waals surface area contributed by atoms with Crippen LogP contribution in [0.25, 0.3) is 0 Å². The van der Waals surface area contributed by atoms with Gasteiger partial charge in [-0.25, -0.2) is 0 Å². The van der Waals surface area contributed by atoms with Crippen molar-refractivity contribution in [2.45, 2.75) is 6.92 Å². The number of amides is 1. The van der Waals surface area contributed by atoms with Crippen molar-refractivity contribution < 1.29 is 14.5 Å². The maximum atomic E-state index is 11.1. The molecule has 0 aliphatic carbocycles. The summed E-state index contributed by atoms with van der Waals surface area (Å²) in [5.41, 5.74) is -0.146. The summed E-state index contributed by atoms with van der Waals surface area (Å²) in [4.78, 5) is 21.2. The number of carbonyl (C=O) groups excluding carboxylic acids is 1. The highest BCUT2D eigenvalue weighted by Gasteiger charge is 2.14. The standard InChI is InChI=1S/C10H12N2O4/c1-2-11-10(13)7-16-9-6-4-3-5-8(9)12(14)15/h3-6H,2,7H2,1H3,(H,11,13). The number of benzene rings is 1. The van der Waals surface area contributed by atoms with Gasteiger partial charge in [0.1, 0.15) is 0 Å². The molecular weight excluding hydrogens is 212 g/mol. The highest BCUT2D eigenvalue weighted by Crippen LogP contribution is 2.25. The molecule has 1 aromatic carbocycles. The zero-order valence-corrected chi connectivity index (χ0v) is 8.80. The van der Waals surface area contributed by atoms with Gasteiger partial charge in [-0.3, -0.25) is 14.9 Å². The molecule has 0 bridgehead atoms. The summed E-state index contributed by atoms with van der Waals surface area (Å²) in [6, 6.07) is 5.93. The molecule has 0 fully saturated rings. The van der Waals surface area contributed by atoms with E-state index >= 15 is 0 Å². The summed E-state index contributed by atoms with van der Waals surface area (Å²) in [6.07, 6.45) is 0. The van der Waals surface area contributed by atoms with Gasteiger partial charge in [0.05, 0.1) is 4.92 Å². The van der Waals surface area contributed by atoms with Gasteiger partial charge in [-0.1, -0.05) is 12.1 Å². The zero-order chi connectivity index (χ0) is 12.0. The third-order valence-corrected chi connectivity index (χ3v) is 1.79. The van der Waals surface area contributed by atoms with Gasteiger partial charge in [0.25, 0.3) is 5.91 Å². The maximum absolute atomic E-state index is 11.1. The Labute approximate surface area is 92.4 Å². The summed E-state index contributed by atoms with van der Waals surface area (Å²) in [6.45, 7) is 2.06. The van der Waals surface area contributed by atoms with Crippen molar-refractivity contribution in [1.82, 2.24) is 5.32 Å². The van der Waals surface area contributed by atoms with Crippen LogP contribution in [0.1, 0.15) is 6.92 Å². The van der Waals surface area contributed by atoms with Crippen LogP contribution in [0.15, 0.2) is 24.3 Å². The Morgan fingerprint density at radius 3 is 2.81 bits per heavy atom. The van der Waals surface area contributed by atoms with Crippen LogP contribution in [-0.2, 0) is 4.79 Å². The van der Waals surface area contributed by atoms with E-state index in [1.165, 1.54) is 18.2 Å². The number of likely N-dealkylation sites (N-methyl/N-ethyl adjacent to an activating group) is 1. The molecule has 6 heteroatoms. The second-order valence-corrected chi connectivity index (χ2v) is 2.97. The fraction of sp³-hybridized carbons (Fsp3) is 0.300. The first kappa shape index (κ1) is 12.0. The van der Waals surface area contributed by atoms with Gasteiger partial charge in [0, 0.05) is 12.6 Å². The first-order valence-corrected chi connectivity index (χ1v) is 4.78. The molecule has 0 unspecified atom stereocenters. The summed E-state index contributed by atoms with van der Waals surface area (Å²) in [5.74, 6) is -0.209. The molecule has 0 saturated heterocycles. The predicted molar refractivity (Wildman–Crippen MR) is 57.3 cm³/mol. The van der Waals surface area contributed by atoms with E-state index in [1.54, 1.807) is 13.0 Å². The first-order chi connectivity index (χ1) is 7.65. The molecule has 1 N–H and O–H groups in total. The molecule has 1 rings (SSSR count). The number of nitro benzene ring substituents is 1. The first-order valence-electron chi connectivity index (χ1n) is 4.78. The summed E-state index contributed by atoms with van der Waals surface area (Å²) in [5, 5.41) is 13.1. The molecule has 0 aliphatic rings. The summed E-state index contributed by atoms with van der Waals surface area (Å²) >= 11 is 0. The van der Waals surface area contributed by atoms with Crippen LogP contribution < -0.4 is 10.1 Å². The number of ether oxygens (including phenoxy) is 1. The topological polar surface area (TPSA) is 81.5 Å². The minimum Gasteiger partial charge on any atom is -0.477 e. The highest BCUT2D eigenvalue weighted by atomic mass is 16.6. The SMILES string of the molecule is CCNC(=O)COc1ccccc1[N+](=O)[O-]. The number of para-hydroxylation sites is 2. The Kier molecular flexibility index (Phi) is 4.26. The Morgan fingerprint density at radius 1 is 1.50 bits per heavy atom. The highest BCUT2D eigenvalue weighted by molar-refractivity contribution is 5.77. The molecule has 0 aliphatic heterocycles. The molecule has 0 aromatic heterocycles. The number of rotatable bonds is 5. The lowest BCUT2D eigenvalue weighted by Crippen LogP contribution is -2.28. The zero-order valence-electron chi connectivity index (χ0n) is 8.80. The lowest BCUT2D eigenvalue weighted by molar-refractivity contribution is -0.385. The fourth-order valence-corrected chi connectivity index (χ4v) is 1.12. The van der Waals surface area contributed by atoms with Gasteiger partial charge in [0.15, 0.2) is 12.4 Å². The molecule has 1 aromatic rings. The van der Waals surface area contributed by atoms with E-state index in [0.29, 0.717) is 6.54 Å². The molecule has 86 valence electrons. The number of hydrogen-bond donors (Lipinski definition) is 1. The second kappa shape index (κ2) is 5.69. The normalized spacial score (nSPS) is 9.56. The number of nitrogens with zero attached hydrogens (tertiary/aromatic N) is 1. The van der Waals surface area contributed by atoms with E-state index in [9.17, 15) is 14.9 Å². The molecule has 0 saturated carbocycles. The van der Waals surface area contributed by atoms with Crippen LogP contribution in [0.4, 0.5) is 5.69 Å². The van der Waals surface area contributed by atoms with Crippen molar-refractivity contribution in [1.29, 1.82) is 0 Å². The number of carbonyl (C=O) groups is 1. The molecule has 0 radical (unpaired) electrons. The van der Waals surface area contributed by atoms with Crippen LogP contribution in [0, 0.1) is 10.1 Å². The van der Waals surface area contributed by atoms with Gasteiger partial charge in [-0.05, 0) is 13.0 Å². The van der Waals surface area contributed by atoms with Crippen LogP contribution in [0.3, 0.4) is 0 Å². The van der Waals surface area contributed by atoms with Crippen LogP contribution >= 0.6 is 0 Å². The van der Waals surface area contributed by atoms with E-state index in [2.05, 4.69) is 5.32 Å². The fourth-order valence-electron chi connectivity index (χ4n) is 1.12. The number of nitro groups is 1. The van der Waals surface area contributed by atoms with Gasteiger partial charge < -0.3 is 10.1 Å². The Hall–Kier alpha value is -2.11. The van der Waals surface area contributed by atoms with Crippen molar-refractivity contribution in [3.05, 3.63) is 34.4 Å². The number of nitrogens with one attached hydrogen (secondary N) is 1. The molecule has 16 heavy (non-hydrogen) atoms. The minimum atomic E-state index is -0.549. The van der Waals surface area contributed by atoms with Crippen molar-refractivity contribution >= 4 is 11.6 Å². The lowest BCUT2D eigenvalue weighted by Gasteiger charge is -2.05. The van der Waals surface area contributed by atoms with Crippen LogP contribution in [-0.4, -0.2) is 24.0 Å². The van der Waals surface area contributed by atoms with E-state index in [-0.39, 0.29) is 24.0 Å². The summed E-state index contributed by atoms with van der Waals surface area (Å²) < 4.78 is 5.06. The summed E-state index contributed by atoms with van der Waals surface area (Å²) in [7, 11) is 0. The Morgan fingerprint density at radius 2 is 2.19 bits per heavy atom. The van der Waals surface area contributed by atoms with Crippen molar-refractivity contribution in [3.8, 4) is 5.75 Å². The quantitative estimate of drug-likeness (QED) is 0.600. The van der Waals surface area contributed by atoms with E-state index < -0.39 is 4.92 Å². The molecule has 0 spiro atoms. The van der Waals surface area contributed by atoms with Gasteiger partial charge in [-0.15, -0.1) is 0 Å². The number of hydrogen-bond acceptors (Lipinski definition) is 4. The third-order valence-electron chi connectivity index (χ3n) is 1.79. The molecule has 1 amide bonds. The largest absolute Gasteiger partial charge is 0.477 e. The second-order valence-electron chi connectivity index (χ2n) is 2.97. The Balaban J connectivity index is 2.66.